The summed E-state index contributed by atoms with van der Waals surface area (Å²) in [5, 5.41) is 0. The standard InChI is InChI=1S/C26H38F2/c1-3-5-19-7-9-20(10-8-19)21-11-13-22(14-12-21)23-15-17-24(18-16-23)26(28)25(27)6-4-2/h15-22H,3-14H2,1-2H3. The molecule has 2 heteroatoms. The first-order valence-corrected chi connectivity index (χ1v) is 11.8. The summed E-state index contributed by atoms with van der Waals surface area (Å²) < 4.78 is 27.9. The average Bonchev–Trinajstić information content (AvgIpc) is 2.74. The lowest BCUT2D eigenvalue weighted by atomic mass is 9.68. The molecule has 2 fully saturated rings. The number of hydrogen-bond acceptors (Lipinski definition) is 0. The van der Waals surface area contributed by atoms with Crippen molar-refractivity contribution in [3.05, 3.63) is 41.2 Å². The molecule has 0 bridgehead atoms. The summed E-state index contributed by atoms with van der Waals surface area (Å²) in [6, 6.07) is 7.58. The van der Waals surface area contributed by atoms with Gasteiger partial charge in [-0.15, -0.1) is 0 Å². The van der Waals surface area contributed by atoms with Gasteiger partial charge in [0.1, 0.15) is 5.83 Å². The van der Waals surface area contributed by atoms with E-state index in [0.717, 1.165) is 17.8 Å². The maximum atomic E-state index is 14.1. The number of benzene rings is 1. The van der Waals surface area contributed by atoms with Crippen molar-refractivity contribution in [1.29, 1.82) is 0 Å². The van der Waals surface area contributed by atoms with Crippen molar-refractivity contribution in [3.8, 4) is 0 Å². The third-order valence-electron chi connectivity index (χ3n) is 7.37. The Bertz CT molecular complexity index is 614. The van der Waals surface area contributed by atoms with Crippen LogP contribution >= 0.6 is 0 Å². The van der Waals surface area contributed by atoms with E-state index >= 15 is 0 Å². The zero-order valence-corrected chi connectivity index (χ0v) is 17.9. The molecule has 3 rings (SSSR count). The quantitative estimate of drug-likeness (QED) is 0.437. The molecular formula is C26H38F2. The molecule has 0 N–H and O–H groups in total. The van der Waals surface area contributed by atoms with E-state index in [9.17, 15) is 8.78 Å². The molecule has 28 heavy (non-hydrogen) atoms. The Hall–Kier alpha value is -1.18. The summed E-state index contributed by atoms with van der Waals surface area (Å²) >= 11 is 0. The van der Waals surface area contributed by atoms with E-state index in [4.69, 9.17) is 0 Å². The third-order valence-corrected chi connectivity index (χ3v) is 7.37. The van der Waals surface area contributed by atoms with Gasteiger partial charge in [-0.3, -0.25) is 0 Å². The molecule has 0 spiro atoms. The summed E-state index contributed by atoms with van der Waals surface area (Å²) in [4.78, 5) is 0. The van der Waals surface area contributed by atoms with Gasteiger partial charge < -0.3 is 0 Å². The molecule has 0 nitrogen and oxygen atoms in total. The zero-order chi connectivity index (χ0) is 19.9. The van der Waals surface area contributed by atoms with Gasteiger partial charge in [0.05, 0.1) is 0 Å². The van der Waals surface area contributed by atoms with Crippen LogP contribution in [0.2, 0.25) is 0 Å². The van der Waals surface area contributed by atoms with Crippen molar-refractivity contribution in [2.45, 2.75) is 96.8 Å². The fourth-order valence-electron chi connectivity index (χ4n) is 5.67. The first-order chi connectivity index (χ1) is 13.6. The number of hydrogen-bond donors (Lipinski definition) is 0. The Labute approximate surface area is 170 Å². The van der Waals surface area contributed by atoms with E-state index in [1.54, 1.807) is 12.1 Å². The molecule has 156 valence electrons. The molecule has 0 amide bonds. The van der Waals surface area contributed by atoms with Gasteiger partial charge >= 0.3 is 0 Å². The summed E-state index contributed by atoms with van der Waals surface area (Å²) in [6.45, 7) is 4.18. The van der Waals surface area contributed by atoms with Crippen molar-refractivity contribution in [1.82, 2.24) is 0 Å². The Morgan fingerprint density at radius 3 is 1.89 bits per heavy atom. The zero-order valence-electron chi connectivity index (χ0n) is 17.9. The Balaban J connectivity index is 1.51. The molecule has 0 aromatic heterocycles. The van der Waals surface area contributed by atoms with Crippen LogP contribution in [0.4, 0.5) is 8.78 Å². The lowest BCUT2D eigenvalue weighted by molar-refractivity contribution is 0.156. The van der Waals surface area contributed by atoms with Gasteiger partial charge in [0.15, 0.2) is 5.83 Å². The van der Waals surface area contributed by atoms with Gasteiger partial charge in [-0.2, -0.15) is 0 Å². The minimum Gasteiger partial charge on any atom is -0.209 e. The number of halogens is 2. The average molecular weight is 389 g/mol. The molecular weight excluding hydrogens is 350 g/mol. The molecule has 2 aliphatic rings. The second-order valence-corrected chi connectivity index (χ2v) is 9.27. The molecule has 0 radical (unpaired) electrons. The van der Waals surface area contributed by atoms with Crippen LogP contribution in [0, 0.1) is 17.8 Å². The predicted molar refractivity (Wildman–Crippen MR) is 116 cm³/mol. The van der Waals surface area contributed by atoms with Crippen LogP contribution in [0.15, 0.2) is 30.1 Å². The van der Waals surface area contributed by atoms with Gasteiger partial charge in [-0.05, 0) is 74.2 Å². The highest BCUT2D eigenvalue weighted by Crippen LogP contribution is 2.44. The van der Waals surface area contributed by atoms with Gasteiger partial charge in [-0.1, -0.05) is 63.8 Å². The van der Waals surface area contributed by atoms with Gasteiger partial charge in [0, 0.05) is 12.0 Å². The first kappa shape index (κ1) is 21.5. The first-order valence-electron chi connectivity index (χ1n) is 11.8. The monoisotopic (exact) mass is 388 g/mol. The minimum absolute atomic E-state index is 0.179. The highest BCUT2D eigenvalue weighted by Gasteiger charge is 2.31. The van der Waals surface area contributed by atoms with Gasteiger partial charge in [-0.25, -0.2) is 8.78 Å². The highest BCUT2D eigenvalue weighted by molar-refractivity contribution is 5.61. The topological polar surface area (TPSA) is 0 Å². The largest absolute Gasteiger partial charge is 0.209 e. The SMILES string of the molecule is CCCC(F)=C(F)c1ccc(C2CCC(C3CCC(CCC)CC3)CC2)cc1. The normalized spacial score (nSPS) is 29.4. The third kappa shape index (κ3) is 5.45. The van der Waals surface area contributed by atoms with E-state index in [0.29, 0.717) is 17.9 Å². The van der Waals surface area contributed by atoms with Gasteiger partial charge in [0.25, 0.3) is 0 Å². The second kappa shape index (κ2) is 10.6. The molecule has 0 atom stereocenters. The Morgan fingerprint density at radius 2 is 1.36 bits per heavy atom. The van der Waals surface area contributed by atoms with Crippen molar-refractivity contribution in [2.24, 2.45) is 17.8 Å². The van der Waals surface area contributed by atoms with Crippen molar-refractivity contribution in [3.63, 3.8) is 0 Å². The van der Waals surface area contributed by atoms with Crippen molar-refractivity contribution in [2.75, 3.05) is 0 Å². The second-order valence-electron chi connectivity index (χ2n) is 9.27. The van der Waals surface area contributed by atoms with Crippen molar-refractivity contribution < 1.29 is 8.78 Å². The maximum Gasteiger partial charge on any atom is 0.161 e. The predicted octanol–water partition coefficient (Wildman–Crippen LogP) is 8.97. The molecule has 2 aliphatic carbocycles. The lowest BCUT2D eigenvalue weighted by Gasteiger charge is -2.38. The summed E-state index contributed by atoms with van der Waals surface area (Å²) in [5.74, 6) is 2.15. The fourth-order valence-corrected chi connectivity index (χ4v) is 5.67. The van der Waals surface area contributed by atoms with Crippen LogP contribution < -0.4 is 0 Å². The number of rotatable bonds is 7. The van der Waals surface area contributed by atoms with Crippen LogP contribution in [-0.2, 0) is 0 Å². The highest BCUT2D eigenvalue weighted by atomic mass is 19.2. The molecule has 0 aliphatic heterocycles. The van der Waals surface area contributed by atoms with E-state index < -0.39 is 11.7 Å². The van der Waals surface area contributed by atoms with E-state index in [-0.39, 0.29) is 6.42 Å². The Morgan fingerprint density at radius 1 is 0.786 bits per heavy atom. The molecule has 0 heterocycles. The fraction of sp³-hybridized carbons (Fsp3) is 0.692. The molecule has 1 aromatic carbocycles. The van der Waals surface area contributed by atoms with Crippen LogP contribution in [0.5, 0.6) is 0 Å². The molecule has 1 aromatic rings. The van der Waals surface area contributed by atoms with Gasteiger partial charge in [0.2, 0.25) is 0 Å². The van der Waals surface area contributed by atoms with E-state index in [2.05, 4.69) is 6.92 Å². The lowest BCUT2D eigenvalue weighted by Crippen LogP contribution is -2.25. The van der Waals surface area contributed by atoms with Crippen LogP contribution in [-0.4, -0.2) is 0 Å². The molecule has 2 saturated carbocycles. The van der Waals surface area contributed by atoms with Crippen LogP contribution in [0.3, 0.4) is 0 Å². The summed E-state index contributed by atoms with van der Waals surface area (Å²) in [5.41, 5.74) is 1.68. The molecule has 0 unspecified atom stereocenters. The smallest absolute Gasteiger partial charge is 0.161 e. The summed E-state index contributed by atoms with van der Waals surface area (Å²) in [7, 11) is 0. The minimum atomic E-state index is -0.684. The van der Waals surface area contributed by atoms with Crippen LogP contribution in [0.25, 0.3) is 5.83 Å². The molecule has 0 saturated heterocycles. The van der Waals surface area contributed by atoms with E-state index in [1.165, 1.54) is 69.8 Å². The summed E-state index contributed by atoms with van der Waals surface area (Å²) in [6.07, 6.45) is 14.6. The van der Waals surface area contributed by atoms with E-state index in [1.807, 2.05) is 19.1 Å². The Kier molecular flexibility index (Phi) is 8.11. The van der Waals surface area contributed by atoms with Crippen LogP contribution in [0.1, 0.15) is 108 Å². The number of allylic oxidation sites excluding steroid dienone is 1. The van der Waals surface area contributed by atoms with Crippen molar-refractivity contribution >= 4 is 5.83 Å². The maximum absolute atomic E-state index is 14.1.